The van der Waals surface area contributed by atoms with E-state index in [0.717, 1.165) is 0 Å². The second kappa shape index (κ2) is 7.65. The summed E-state index contributed by atoms with van der Waals surface area (Å²) in [5.41, 5.74) is 0.752. The highest BCUT2D eigenvalue weighted by Crippen LogP contribution is 2.45. The molecule has 0 N–H and O–H groups in total. The van der Waals surface area contributed by atoms with Crippen LogP contribution in [0, 0.1) is 6.92 Å². The number of cyclic esters (lactones) is 1. The van der Waals surface area contributed by atoms with E-state index in [1.54, 1.807) is 6.92 Å². The molecule has 8 nitrogen and oxygen atoms in total. The van der Waals surface area contributed by atoms with Crippen LogP contribution in [-0.2, 0) is 23.9 Å². The number of benzene rings is 1. The molecule has 0 amide bonds. The van der Waals surface area contributed by atoms with Gasteiger partial charge in [-0.15, -0.1) is 0 Å². The molecule has 1 aromatic carbocycles. The van der Waals surface area contributed by atoms with Crippen LogP contribution in [-0.4, -0.2) is 36.9 Å². The van der Waals surface area contributed by atoms with Gasteiger partial charge in [0.05, 0.1) is 11.1 Å². The number of ether oxygens (including phenoxy) is 4. The van der Waals surface area contributed by atoms with Crippen molar-refractivity contribution in [2.24, 2.45) is 0 Å². The van der Waals surface area contributed by atoms with Crippen molar-refractivity contribution in [3.05, 3.63) is 22.8 Å². The number of aryl methyl sites for hydroxylation is 1. The third kappa shape index (κ3) is 3.91. The van der Waals surface area contributed by atoms with E-state index in [1.807, 2.05) is 0 Å². The number of methoxy groups -OCH3 is 1. The summed E-state index contributed by atoms with van der Waals surface area (Å²) < 4.78 is 20.9. The molecule has 0 saturated carbocycles. The Bertz CT molecular complexity index is 780. The molecule has 2 atom stereocenters. The van der Waals surface area contributed by atoms with Crippen molar-refractivity contribution in [3.8, 4) is 11.5 Å². The van der Waals surface area contributed by atoms with Gasteiger partial charge in [0.15, 0.2) is 17.6 Å². The molecule has 26 heavy (non-hydrogen) atoms. The number of Topliss-reactive ketones (excluding diaryl/α,β-unsaturated/α-hetero) is 1. The lowest BCUT2D eigenvalue weighted by Gasteiger charge is -2.21. The second-order valence-corrected chi connectivity index (χ2v) is 5.94. The molecule has 0 aliphatic carbocycles. The molecule has 8 heteroatoms. The average Bonchev–Trinajstić information content (AvgIpc) is 2.89. The van der Waals surface area contributed by atoms with E-state index in [-0.39, 0.29) is 34.8 Å². The first-order chi connectivity index (χ1) is 12.1. The zero-order valence-electron chi connectivity index (χ0n) is 15.2. The Morgan fingerprint density at radius 2 is 1.65 bits per heavy atom. The normalized spacial score (nSPS) is 19.0. The van der Waals surface area contributed by atoms with Gasteiger partial charge in [-0.05, 0) is 25.5 Å². The van der Waals surface area contributed by atoms with Crippen LogP contribution in [0.1, 0.15) is 54.8 Å². The second-order valence-electron chi connectivity index (χ2n) is 5.94. The monoisotopic (exact) mass is 364 g/mol. The fourth-order valence-electron chi connectivity index (χ4n) is 2.82. The van der Waals surface area contributed by atoms with Crippen molar-refractivity contribution in [1.82, 2.24) is 0 Å². The molecule has 140 valence electrons. The van der Waals surface area contributed by atoms with Gasteiger partial charge in [0.25, 0.3) is 0 Å². The van der Waals surface area contributed by atoms with Gasteiger partial charge in [-0.2, -0.15) is 0 Å². The highest BCUT2D eigenvalue weighted by molar-refractivity contribution is 5.99. The largest absolute Gasteiger partial charge is 0.455 e. The molecule has 0 unspecified atom stereocenters. The summed E-state index contributed by atoms with van der Waals surface area (Å²) in [4.78, 5) is 47.1. The summed E-state index contributed by atoms with van der Waals surface area (Å²) >= 11 is 0. The third-order valence-electron chi connectivity index (χ3n) is 3.88. The molecule has 1 saturated heterocycles. The number of ketones is 1. The van der Waals surface area contributed by atoms with Crippen LogP contribution in [0.3, 0.4) is 0 Å². The number of carbonyl (C=O) groups excluding carboxylic acids is 4. The first kappa shape index (κ1) is 19.6. The van der Waals surface area contributed by atoms with Crippen molar-refractivity contribution in [1.29, 1.82) is 0 Å². The third-order valence-corrected chi connectivity index (χ3v) is 3.88. The molecule has 1 aliphatic heterocycles. The standard InChI is InChI=1S/C18H20O8/c1-8-6-12(9(2)19)17(25-11(4)21)15(16(8)24-10(3)20)13-7-14(23-5)18(22)26-13/h6,13-14H,7H2,1-5H3/t13-,14+/m1/s1. The minimum absolute atomic E-state index is 0.0820. The lowest BCUT2D eigenvalue weighted by molar-refractivity contribution is -0.148. The summed E-state index contributed by atoms with van der Waals surface area (Å²) in [6, 6.07) is 1.47. The Labute approximate surface area is 150 Å². The van der Waals surface area contributed by atoms with Gasteiger partial charge in [0.2, 0.25) is 0 Å². The number of rotatable bonds is 5. The van der Waals surface area contributed by atoms with Gasteiger partial charge in [0.1, 0.15) is 11.9 Å². The highest BCUT2D eigenvalue weighted by Gasteiger charge is 2.40. The maximum Gasteiger partial charge on any atom is 0.336 e. The number of carbonyl (C=O) groups is 4. The van der Waals surface area contributed by atoms with E-state index in [2.05, 4.69) is 0 Å². The molecule has 1 heterocycles. The first-order valence-electron chi connectivity index (χ1n) is 7.94. The van der Waals surface area contributed by atoms with Gasteiger partial charge >= 0.3 is 17.9 Å². The summed E-state index contributed by atoms with van der Waals surface area (Å²) in [5, 5.41) is 0. The quantitative estimate of drug-likeness (QED) is 0.444. The maximum absolute atomic E-state index is 12.1. The number of esters is 3. The zero-order chi connectivity index (χ0) is 19.6. The molecular weight excluding hydrogens is 344 g/mol. The van der Waals surface area contributed by atoms with E-state index >= 15 is 0 Å². The molecule has 0 radical (unpaired) electrons. The maximum atomic E-state index is 12.1. The van der Waals surface area contributed by atoms with Crippen LogP contribution in [0.4, 0.5) is 0 Å². The molecule has 1 fully saturated rings. The molecule has 0 spiro atoms. The minimum Gasteiger partial charge on any atom is -0.455 e. The van der Waals surface area contributed by atoms with Gasteiger partial charge in [-0.25, -0.2) is 4.79 Å². The van der Waals surface area contributed by atoms with E-state index in [1.165, 1.54) is 33.9 Å². The van der Waals surface area contributed by atoms with Crippen LogP contribution in [0.25, 0.3) is 0 Å². The Kier molecular flexibility index (Phi) is 5.76. The molecule has 1 aromatic rings. The fraction of sp³-hybridized carbons (Fsp3) is 0.444. The van der Waals surface area contributed by atoms with E-state index in [9.17, 15) is 19.2 Å². The smallest absolute Gasteiger partial charge is 0.336 e. The summed E-state index contributed by atoms with van der Waals surface area (Å²) in [7, 11) is 1.37. The number of hydrogen-bond donors (Lipinski definition) is 0. The predicted molar refractivity (Wildman–Crippen MR) is 88.0 cm³/mol. The topological polar surface area (TPSA) is 105 Å². The Balaban J connectivity index is 2.73. The predicted octanol–water partition coefficient (Wildman–Crippen LogP) is 2.05. The van der Waals surface area contributed by atoms with Crippen LogP contribution >= 0.6 is 0 Å². The van der Waals surface area contributed by atoms with Crippen molar-refractivity contribution in [2.45, 2.75) is 46.3 Å². The van der Waals surface area contributed by atoms with Crippen molar-refractivity contribution in [2.75, 3.05) is 7.11 Å². The molecule has 1 aliphatic rings. The number of hydrogen-bond acceptors (Lipinski definition) is 8. The van der Waals surface area contributed by atoms with Crippen molar-refractivity contribution in [3.63, 3.8) is 0 Å². The SMILES string of the molecule is CO[C@H]1C[C@H](c2c(OC(C)=O)c(C)cc(C(C)=O)c2OC(C)=O)OC1=O. The van der Waals surface area contributed by atoms with Crippen molar-refractivity contribution >= 4 is 23.7 Å². The van der Waals surface area contributed by atoms with E-state index in [4.69, 9.17) is 18.9 Å². The van der Waals surface area contributed by atoms with Gasteiger partial charge in [-0.3, -0.25) is 14.4 Å². The van der Waals surface area contributed by atoms with Crippen LogP contribution in [0.2, 0.25) is 0 Å². The molecule has 2 rings (SSSR count). The van der Waals surface area contributed by atoms with Gasteiger partial charge in [0, 0.05) is 27.4 Å². The Morgan fingerprint density at radius 1 is 1.08 bits per heavy atom. The molecular formula is C18H20O8. The highest BCUT2D eigenvalue weighted by atomic mass is 16.6. The van der Waals surface area contributed by atoms with Crippen LogP contribution in [0.15, 0.2) is 6.07 Å². The molecule has 0 bridgehead atoms. The Hall–Kier alpha value is -2.74. The molecule has 0 aromatic heterocycles. The minimum atomic E-state index is -0.894. The zero-order valence-corrected chi connectivity index (χ0v) is 15.2. The first-order valence-corrected chi connectivity index (χ1v) is 7.94. The van der Waals surface area contributed by atoms with Crippen molar-refractivity contribution < 1.29 is 38.1 Å². The summed E-state index contributed by atoms with van der Waals surface area (Å²) in [5.74, 6) is -2.21. The van der Waals surface area contributed by atoms with E-state index in [0.29, 0.717) is 5.56 Å². The Morgan fingerprint density at radius 3 is 2.12 bits per heavy atom. The summed E-state index contributed by atoms with van der Waals surface area (Å²) in [6.07, 6.45) is -1.58. The fourth-order valence-corrected chi connectivity index (χ4v) is 2.82. The lowest BCUT2D eigenvalue weighted by Crippen LogP contribution is -2.15. The van der Waals surface area contributed by atoms with Crippen LogP contribution in [0.5, 0.6) is 11.5 Å². The van der Waals surface area contributed by atoms with E-state index < -0.39 is 30.1 Å². The van der Waals surface area contributed by atoms with Crippen LogP contribution < -0.4 is 9.47 Å². The lowest BCUT2D eigenvalue weighted by atomic mass is 9.95. The van der Waals surface area contributed by atoms with Gasteiger partial charge < -0.3 is 18.9 Å². The van der Waals surface area contributed by atoms with Gasteiger partial charge in [-0.1, -0.05) is 0 Å². The average molecular weight is 364 g/mol. The summed E-state index contributed by atoms with van der Waals surface area (Å²) in [6.45, 7) is 5.34.